The van der Waals surface area contributed by atoms with Crippen LogP contribution in [-0.2, 0) is 6.42 Å². The molecule has 100 valence electrons. The normalized spacial score (nSPS) is 10.7. The minimum atomic E-state index is -0.405. The molecule has 4 heteroatoms. The predicted octanol–water partition coefficient (Wildman–Crippen LogP) is 3.39. The van der Waals surface area contributed by atoms with Crippen molar-refractivity contribution in [3.05, 3.63) is 71.9 Å². The zero-order valence-corrected chi connectivity index (χ0v) is 10.8. The molecule has 0 aliphatic heterocycles. The highest BCUT2D eigenvalue weighted by Gasteiger charge is 2.06. The van der Waals surface area contributed by atoms with Gasteiger partial charge in [-0.25, -0.2) is 9.37 Å². The number of hydrogen-bond acceptors (Lipinski definition) is 2. The number of aromatic amines is 1. The molecule has 3 N–H and O–H groups in total. The molecule has 3 aromatic rings. The van der Waals surface area contributed by atoms with Gasteiger partial charge in [0.05, 0.1) is 17.6 Å². The summed E-state index contributed by atoms with van der Waals surface area (Å²) in [4.78, 5) is 7.59. The minimum Gasteiger partial charge on any atom is -0.396 e. The average Bonchev–Trinajstić information content (AvgIpc) is 2.91. The van der Waals surface area contributed by atoms with Crippen molar-refractivity contribution >= 4 is 5.69 Å². The fourth-order valence-electron chi connectivity index (χ4n) is 2.10. The number of rotatable bonds is 3. The lowest BCUT2D eigenvalue weighted by molar-refractivity contribution is 0.632. The van der Waals surface area contributed by atoms with Crippen molar-refractivity contribution in [3.8, 4) is 11.3 Å². The molecule has 2 aromatic carbocycles. The number of nitrogen functional groups attached to an aromatic ring is 1. The second kappa shape index (κ2) is 5.17. The number of H-pyrrole nitrogens is 1. The van der Waals surface area contributed by atoms with Gasteiger partial charge >= 0.3 is 0 Å². The smallest absolute Gasteiger partial charge is 0.146 e. The molecule has 0 aliphatic rings. The van der Waals surface area contributed by atoms with E-state index in [1.807, 2.05) is 18.2 Å². The van der Waals surface area contributed by atoms with E-state index < -0.39 is 5.82 Å². The number of nitrogens with one attached hydrogen (secondary N) is 1. The number of halogens is 1. The van der Waals surface area contributed by atoms with Gasteiger partial charge in [0.25, 0.3) is 0 Å². The van der Waals surface area contributed by atoms with Gasteiger partial charge in [0, 0.05) is 12.0 Å². The summed E-state index contributed by atoms with van der Waals surface area (Å²) in [5.74, 6) is 0.465. The van der Waals surface area contributed by atoms with E-state index in [4.69, 9.17) is 5.73 Å². The van der Waals surface area contributed by atoms with E-state index in [9.17, 15) is 4.39 Å². The van der Waals surface area contributed by atoms with E-state index in [2.05, 4.69) is 22.1 Å². The lowest BCUT2D eigenvalue weighted by atomic mass is 10.1. The highest BCUT2D eigenvalue weighted by Crippen LogP contribution is 2.22. The van der Waals surface area contributed by atoms with Gasteiger partial charge in [-0.1, -0.05) is 30.3 Å². The molecule has 3 rings (SSSR count). The van der Waals surface area contributed by atoms with E-state index >= 15 is 0 Å². The quantitative estimate of drug-likeness (QED) is 0.715. The van der Waals surface area contributed by atoms with Crippen LogP contribution < -0.4 is 5.73 Å². The minimum absolute atomic E-state index is 0.140. The molecule has 0 aliphatic carbocycles. The summed E-state index contributed by atoms with van der Waals surface area (Å²) in [7, 11) is 0. The highest BCUT2D eigenvalue weighted by atomic mass is 19.1. The maximum atomic E-state index is 13.2. The van der Waals surface area contributed by atoms with Crippen LogP contribution in [0.1, 0.15) is 11.4 Å². The summed E-state index contributed by atoms with van der Waals surface area (Å²) in [6, 6.07) is 14.7. The van der Waals surface area contributed by atoms with Crippen molar-refractivity contribution in [1.29, 1.82) is 0 Å². The summed E-state index contributed by atoms with van der Waals surface area (Å²) < 4.78 is 13.2. The second-order valence-corrected chi connectivity index (χ2v) is 4.64. The van der Waals surface area contributed by atoms with Crippen molar-refractivity contribution < 1.29 is 4.39 Å². The number of imidazole rings is 1. The van der Waals surface area contributed by atoms with Crippen LogP contribution in [0.15, 0.2) is 54.7 Å². The van der Waals surface area contributed by atoms with Gasteiger partial charge in [0.15, 0.2) is 0 Å². The average molecular weight is 267 g/mol. The molecule has 0 radical (unpaired) electrons. The van der Waals surface area contributed by atoms with E-state index in [1.165, 1.54) is 11.6 Å². The lowest BCUT2D eigenvalue weighted by Gasteiger charge is -2.01. The molecular formula is C16H14FN3. The Hall–Kier alpha value is -2.62. The summed E-state index contributed by atoms with van der Waals surface area (Å²) in [6.45, 7) is 0. The third-order valence-corrected chi connectivity index (χ3v) is 3.15. The topological polar surface area (TPSA) is 54.7 Å². The van der Waals surface area contributed by atoms with E-state index in [0.29, 0.717) is 0 Å². The first-order chi connectivity index (χ1) is 9.72. The number of aromatic nitrogens is 2. The van der Waals surface area contributed by atoms with Crippen LogP contribution in [0.4, 0.5) is 10.1 Å². The molecule has 0 atom stereocenters. The monoisotopic (exact) mass is 267 g/mol. The fraction of sp³-hybridized carbons (Fsp3) is 0.0625. The molecule has 3 nitrogen and oxygen atoms in total. The third kappa shape index (κ3) is 2.54. The number of nitrogens with two attached hydrogens (primary N) is 1. The van der Waals surface area contributed by atoms with E-state index in [-0.39, 0.29) is 5.69 Å². The molecule has 0 fully saturated rings. The van der Waals surface area contributed by atoms with Crippen LogP contribution in [-0.4, -0.2) is 9.97 Å². The SMILES string of the molecule is Nc1cc(-c2cnc(Cc3ccccc3)[nH]2)ccc1F. The van der Waals surface area contributed by atoms with Crippen molar-refractivity contribution in [2.45, 2.75) is 6.42 Å². The third-order valence-electron chi connectivity index (χ3n) is 3.15. The van der Waals surface area contributed by atoms with Gasteiger partial charge < -0.3 is 10.7 Å². The first-order valence-corrected chi connectivity index (χ1v) is 6.35. The Bertz CT molecular complexity index is 720. The molecule has 20 heavy (non-hydrogen) atoms. The Labute approximate surface area is 116 Å². The second-order valence-electron chi connectivity index (χ2n) is 4.64. The maximum Gasteiger partial charge on any atom is 0.146 e. The van der Waals surface area contributed by atoms with Crippen molar-refractivity contribution in [1.82, 2.24) is 9.97 Å². The summed E-state index contributed by atoms with van der Waals surface area (Å²) in [5, 5.41) is 0. The molecule has 0 bridgehead atoms. The molecule has 0 saturated carbocycles. The van der Waals surface area contributed by atoms with Crippen molar-refractivity contribution in [3.63, 3.8) is 0 Å². The number of benzene rings is 2. The Morgan fingerprint density at radius 2 is 1.90 bits per heavy atom. The van der Waals surface area contributed by atoms with Crippen LogP contribution >= 0.6 is 0 Å². The predicted molar refractivity (Wildman–Crippen MR) is 77.6 cm³/mol. The van der Waals surface area contributed by atoms with E-state index in [0.717, 1.165) is 23.5 Å². The Morgan fingerprint density at radius 3 is 2.65 bits per heavy atom. The van der Waals surface area contributed by atoms with Gasteiger partial charge in [0.2, 0.25) is 0 Å². The molecule has 1 heterocycles. The van der Waals surface area contributed by atoms with Crippen molar-refractivity contribution in [2.24, 2.45) is 0 Å². The fourth-order valence-corrected chi connectivity index (χ4v) is 2.10. The maximum absolute atomic E-state index is 13.2. The summed E-state index contributed by atoms with van der Waals surface area (Å²) in [5.41, 5.74) is 8.57. The zero-order valence-electron chi connectivity index (χ0n) is 10.8. The van der Waals surface area contributed by atoms with Gasteiger partial charge in [-0.05, 0) is 23.8 Å². The van der Waals surface area contributed by atoms with Crippen LogP contribution in [0, 0.1) is 5.82 Å². The summed E-state index contributed by atoms with van der Waals surface area (Å²) >= 11 is 0. The van der Waals surface area contributed by atoms with Crippen LogP contribution in [0.3, 0.4) is 0 Å². The van der Waals surface area contributed by atoms with Crippen LogP contribution in [0.2, 0.25) is 0 Å². The van der Waals surface area contributed by atoms with Crippen molar-refractivity contribution in [2.75, 3.05) is 5.73 Å². The zero-order chi connectivity index (χ0) is 13.9. The lowest BCUT2D eigenvalue weighted by Crippen LogP contribution is -1.92. The Kier molecular flexibility index (Phi) is 3.21. The number of nitrogens with zero attached hydrogens (tertiary/aromatic N) is 1. The molecule has 0 unspecified atom stereocenters. The largest absolute Gasteiger partial charge is 0.396 e. The van der Waals surface area contributed by atoms with Gasteiger partial charge in [-0.3, -0.25) is 0 Å². The van der Waals surface area contributed by atoms with Gasteiger partial charge in [-0.15, -0.1) is 0 Å². The van der Waals surface area contributed by atoms with Crippen LogP contribution in [0.5, 0.6) is 0 Å². The molecule has 0 amide bonds. The Balaban J connectivity index is 1.84. The molecule has 0 spiro atoms. The van der Waals surface area contributed by atoms with Gasteiger partial charge in [0.1, 0.15) is 11.6 Å². The first kappa shape index (κ1) is 12.4. The first-order valence-electron chi connectivity index (χ1n) is 6.35. The van der Waals surface area contributed by atoms with Gasteiger partial charge in [-0.2, -0.15) is 0 Å². The van der Waals surface area contributed by atoms with E-state index in [1.54, 1.807) is 18.3 Å². The molecule has 0 saturated heterocycles. The van der Waals surface area contributed by atoms with Crippen LogP contribution in [0.25, 0.3) is 11.3 Å². The molecule has 1 aromatic heterocycles. The number of hydrogen-bond donors (Lipinski definition) is 2. The molecular weight excluding hydrogens is 253 g/mol. The number of anilines is 1. The summed E-state index contributed by atoms with van der Waals surface area (Å²) in [6.07, 6.45) is 2.47. The highest BCUT2D eigenvalue weighted by molar-refractivity contribution is 5.64. The Morgan fingerprint density at radius 1 is 1.10 bits per heavy atom. The standard InChI is InChI=1S/C16H14FN3/c17-13-7-6-12(9-14(13)18)15-10-19-16(20-15)8-11-4-2-1-3-5-11/h1-7,9-10H,8,18H2,(H,19,20).